The normalized spacial score (nSPS) is 10.5. The molecule has 0 bridgehead atoms. The van der Waals surface area contributed by atoms with Crippen LogP contribution >= 0.6 is 39.1 Å². The SMILES string of the molecule is Fc1cc(Br)cc(Oc2cc(Cl)nnc2Cl)c1F. The number of halogens is 5. The molecule has 0 aliphatic rings. The summed E-state index contributed by atoms with van der Waals surface area (Å²) in [5, 5.41) is 6.85. The lowest BCUT2D eigenvalue weighted by Crippen LogP contribution is -1.95. The van der Waals surface area contributed by atoms with E-state index in [-0.39, 0.29) is 21.8 Å². The lowest BCUT2D eigenvalue weighted by molar-refractivity contribution is 0.413. The first-order chi connectivity index (χ1) is 8.47. The highest BCUT2D eigenvalue weighted by atomic mass is 79.9. The van der Waals surface area contributed by atoms with E-state index in [1.165, 1.54) is 12.1 Å². The van der Waals surface area contributed by atoms with Crippen molar-refractivity contribution in [1.29, 1.82) is 0 Å². The molecule has 3 nitrogen and oxygen atoms in total. The second-order valence-corrected chi connectivity index (χ2v) is 4.78. The van der Waals surface area contributed by atoms with Gasteiger partial charge < -0.3 is 4.74 Å². The van der Waals surface area contributed by atoms with E-state index in [0.29, 0.717) is 4.47 Å². The maximum atomic E-state index is 13.5. The van der Waals surface area contributed by atoms with E-state index in [2.05, 4.69) is 26.1 Å². The maximum absolute atomic E-state index is 13.5. The van der Waals surface area contributed by atoms with Crippen molar-refractivity contribution >= 4 is 39.1 Å². The Kier molecular flexibility index (Phi) is 3.99. The van der Waals surface area contributed by atoms with Gasteiger partial charge in [0.1, 0.15) is 0 Å². The quantitative estimate of drug-likeness (QED) is 0.737. The molecule has 0 fully saturated rings. The smallest absolute Gasteiger partial charge is 0.201 e. The fourth-order valence-corrected chi connectivity index (χ4v) is 1.81. The van der Waals surface area contributed by atoms with Crippen molar-refractivity contribution < 1.29 is 13.5 Å². The summed E-state index contributed by atoms with van der Waals surface area (Å²) in [5.74, 6) is -2.55. The van der Waals surface area contributed by atoms with E-state index >= 15 is 0 Å². The molecule has 94 valence electrons. The van der Waals surface area contributed by atoms with Crippen molar-refractivity contribution in [2.75, 3.05) is 0 Å². The molecule has 0 unspecified atom stereocenters. The molecule has 0 saturated carbocycles. The Hall–Kier alpha value is -0.980. The molecule has 2 aromatic rings. The minimum Gasteiger partial charge on any atom is -0.451 e. The predicted octanol–water partition coefficient (Wildman–Crippen LogP) is 4.62. The molecule has 8 heteroatoms. The van der Waals surface area contributed by atoms with Crippen LogP contribution in [0.4, 0.5) is 8.78 Å². The van der Waals surface area contributed by atoms with Crippen LogP contribution in [0, 0.1) is 11.6 Å². The first-order valence-corrected chi connectivity index (χ1v) is 6.03. The van der Waals surface area contributed by atoms with Gasteiger partial charge in [-0.2, -0.15) is 4.39 Å². The molecule has 18 heavy (non-hydrogen) atoms. The fourth-order valence-electron chi connectivity index (χ4n) is 1.13. The summed E-state index contributed by atoms with van der Waals surface area (Å²) in [6.45, 7) is 0. The van der Waals surface area contributed by atoms with E-state index < -0.39 is 11.6 Å². The van der Waals surface area contributed by atoms with Crippen molar-refractivity contribution in [1.82, 2.24) is 10.2 Å². The third kappa shape index (κ3) is 2.88. The first kappa shape index (κ1) is 13.5. The third-order valence-corrected chi connectivity index (χ3v) is 2.77. The summed E-state index contributed by atoms with van der Waals surface area (Å²) < 4.78 is 32.1. The zero-order chi connectivity index (χ0) is 13.3. The minimum absolute atomic E-state index is 0.0188. The first-order valence-electron chi connectivity index (χ1n) is 4.48. The van der Waals surface area contributed by atoms with Gasteiger partial charge in [0.15, 0.2) is 27.6 Å². The van der Waals surface area contributed by atoms with E-state index in [1.54, 1.807) is 0 Å². The average molecular weight is 356 g/mol. The highest BCUT2D eigenvalue weighted by molar-refractivity contribution is 9.10. The summed E-state index contributed by atoms with van der Waals surface area (Å²) in [5.41, 5.74) is 0. The molecule has 0 aliphatic carbocycles. The summed E-state index contributed by atoms with van der Waals surface area (Å²) in [6.07, 6.45) is 0. The summed E-state index contributed by atoms with van der Waals surface area (Å²) in [6, 6.07) is 3.47. The monoisotopic (exact) mass is 354 g/mol. The van der Waals surface area contributed by atoms with Gasteiger partial charge in [-0.15, -0.1) is 10.2 Å². The second-order valence-electron chi connectivity index (χ2n) is 3.12. The molecular weight excluding hydrogens is 353 g/mol. The van der Waals surface area contributed by atoms with Crippen molar-refractivity contribution in [2.24, 2.45) is 0 Å². The molecule has 1 aromatic heterocycles. The molecule has 0 spiro atoms. The topological polar surface area (TPSA) is 35.0 Å². The maximum Gasteiger partial charge on any atom is 0.201 e. The van der Waals surface area contributed by atoms with Gasteiger partial charge in [0, 0.05) is 10.5 Å². The highest BCUT2D eigenvalue weighted by Gasteiger charge is 2.14. The lowest BCUT2D eigenvalue weighted by atomic mass is 10.3. The van der Waals surface area contributed by atoms with Crippen LogP contribution in [0.25, 0.3) is 0 Å². The molecule has 0 amide bonds. The molecule has 0 aliphatic heterocycles. The molecule has 1 heterocycles. The Labute approximate surface area is 119 Å². The van der Waals surface area contributed by atoms with Crippen molar-refractivity contribution in [3.8, 4) is 11.5 Å². The van der Waals surface area contributed by atoms with Gasteiger partial charge in [0.05, 0.1) is 0 Å². The number of hydrogen-bond donors (Lipinski definition) is 0. The van der Waals surface area contributed by atoms with Crippen LogP contribution < -0.4 is 4.74 Å². The van der Waals surface area contributed by atoms with Gasteiger partial charge >= 0.3 is 0 Å². The van der Waals surface area contributed by atoms with Gasteiger partial charge in [-0.3, -0.25) is 0 Å². The van der Waals surface area contributed by atoms with Crippen molar-refractivity contribution in [2.45, 2.75) is 0 Å². The molecular formula is C10H3BrCl2F2N2O. The molecule has 0 saturated heterocycles. The van der Waals surface area contributed by atoms with Gasteiger partial charge in [-0.05, 0) is 12.1 Å². The van der Waals surface area contributed by atoms with Crippen LogP contribution in [-0.4, -0.2) is 10.2 Å². The second kappa shape index (κ2) is 5.34. The number of nitrogens with zero attached hydrogens (tertiary/aromatic N) is 2. The number of hydrogen-bond acceptors (Lipinski definition) is 3. The molecule has 0 atom stereocenters. The molecule has 0 radical (unpaired) electrons. The number of benzene rings is 1. The Bertz CT molecular complexity index is 613. The largest absolute Gasteiger partial charge is 0.451 e. The van der Waals surface area contributed by atoms with Gasteiger partial charge in [0.2, 0.25) is 5.82 Å². The Morgan fingerprint density at radius 2 is 1.78 bits per heavy atom. The van der Waals surface area contributed by atoms with Crippen LogP contribution in [0.15, 0.2) is 22.7 Å². The standard InChI is InChI=1S/C10H3BrCl2F2N2O/c11-4-1-5(14)9(15)6(2-4)18-7-3-8(12)16-17-10(7)13/h1-3H. The van der Waals surface area contributed by atoms with Crippen LogP contribution in [0.3, 0.4) is 0 Å². The molecule has 1 aromatic carbocycles. The van der Waals surface area contributed by atoms with Crippen molar-refractivity contribution in [3.05, 3.63) is 44.6 Å². The average Bonchev–Trinajstić information content (AvgIpc) is 2.30. The van der Waals surface area contributed by atoms with E-state index in [4.69, 9.17) is 27.9 Å². The molecule has 2 rings (SSSR count). The van der Waals surface area contributed by atoms with Gasteiger partial charge in [-0.25, -0.2) is 4.39 Å². The van der Waals surface area contributed by atoms with Crippen LogP contribution in [0.1, 0.15) is 0 Å². The van der Waals surface area contributed by atoms with Crippen molar-refractivity contribution in [3.63, 3.8) is 0 Å². The zero-order valence-electron chi connectivity index (χ0n) is 8.42. The van der Waals surface area contributed by atoms with Crippen LogP contribution in [-0.2, 0) is 0 Å². The third-order valence-electron chi connectivity index (χ3n) is 1.87. The summed E-state index contributed by atoms with van der Waals surface area (Å²) in [4.78, 5) is 0. The Balaban J connectivity index is 2.43. The molecule has 0 N–H and O–H groups in total. The number of aromatic nitrogens is 2. The van der Waals surface area contributed by atoms with Crippen LogP contribution in [0.5, 0.6) is 11.5 Å². The number of ether oxygens (including phenoxy) is 1. The van der Waals surface area contributed by atoms with E-state index in [9.17, 15) is 8.78 Å². The van der Waals surface area contributed by atoms with E-state index in [1.807, 2.05) is 0 Å². The minimum atomic E-state index is -1.14. The fraction of sp³-hybridized carbons (Fsp3) is 0. The zero-order valence-corrected chi connectivity index (χ0v) is 11.5. The number of rotatable bonds is 2. The summed E-state index contributed by atoms with van der Waals surface area (Å²) >= 11 is 14.3. The Morgan fingerprint density at radius 3 is 2.50 bits per heavy atom. The van der Waals surface area contributed by atoms with E-state index in [0.717, 1.165) is 6.07 Å². The predicted molar refractivity (Wildman–Crippen MR) is 66.2 cm³/mol. The Morgan fingerprint density at radius 1 is 1.06 bits per heavy atom. The van der Waals surface area contributed by atoms with Gasteiger partial charge in [-0.1, -0.05) is 39.1 Å². The lowest BCUT2D eigenvalue weighted by Gasteiger charge is -2.08. The van der Waals surface area contributed by atoms with Gasteiger partial charge in [0.25, 0.3) is 0 Å². The summed E-state index contributed by atoms with van der Waals surface area (Å²) in [7, 11) is 0. The van der Waals surface area contributed by atoms with Crippen LogP contribution in [0.2, 0.25) is 10.3 Å². The highest BCUT2D eigenvalue weighted by Crippen LogP contribution is 2.33.